The van der Waals surface area contributed by atoms with Crippen LogP contribution in [0.1, 0.15) is 34.0 Å². The number of rotatable bonds is 12. The molecule has 0 atom stereocenters. The number of aryl methyl sites for hydroxylation is 1. The Kier molecular flexibility index (Phi) is 11.3. The van der Waals surface area contributed by atoms with E-state index >= 15 is 0 Å². The standard InChI is InChI=1S/C32H28Cl3N3O5/c1-3-41-29-15-23(10-12-28(29)42-18-21-7-5-4-6-8-21)32(40)38-36-17-22-13-26(34)31(27(35)14-22)43-19-30(39)37-24-11-9-20(2)25(33)16-24/h4-17H,3,18-19H2,1-2H3,(H,37,39)(H,38,40)/b36-17+. The quantitative estimate of drug-likeness (QED) is 0.122. The highest BCUT2D eigenvalue weighted by Crippen LogP contribution is 2.34. The molecule has 11 heteroatoms. The Balaban J connectivity index is 1.34. The minimum Gasteiger partial charge on any atom is -0.490 e. The third kappa shape index (κ3) is 9.12. The molecule has 0 radical (unpaired) electrons. The smallest absolute Gasteiger partial charge is 0.271 e. The highest BCUT2D eigenvalue weighted by molar-refractivity contribution is 6.37. The number of anilines is 1. The van der Waals surface area contributed by atoms with Gasteiger partial charge in [0.15, 0.2) is 23.9 Å². The Morgan fingerprint density at radius 2 is 1.58 bits per heavy atom. The number of amides is 2. The molecule has 0 bridgehead atoms. The topological polar surface area (TPSA) is 98.3 Å². The molecule has 0 unspecified atom stereocenters. The number of nitrogens with zero attached hydrogens (tertiary/aromatic N) is 1. The number of hydrogen-bond donors (Lipinski definition) is 2. The summed E-state index contributed by atoms with van der Waals surface area (Å²) in [6, 6.07) is 22.9. The molecule has 0 aliphatic rings. The molecule has 2 N–H and O–H groups in total. The lowest BCUT2D eigenvalue weighted by atomic mass is 10.2. The van der Waals surface area contributed by atoms with Gasteiger partial charge in [-0.2, -0.15) is 5.10 Å². The SMILES string of the molecule is CCOc1cc(C(=O)N/N=C/c2cc(Cl)c(OCC(=O)Nc3ccc(C)c(Cl)c3)c(Cl)c2)ccc1OCc1ccccc1. The Bertz CT molecular complexity index is 1610. The number of nitrogens with one attached hydrogen (secondary N) is 2. The summed E-state index contributed by atoms with van der Waals surface area (Å²) < 4.78 is 17.1. The lowest BCUT2D eigenvalue weighted by Crippen LogP contribution is -2.20. The van der Waals surface area contributed by atoms with E-state index in [0.29, 0.717) is 46.5 Å². The van der Waals surface area contributed by atoms with Crippen LogP contribution in [0.4, 0.5) is 5.69 Å². The fourth-order valence-electron chi connectivity index (χ4n) is 3.80. The van der Waals surface area contributed by atoms with Crippen LogP contribution in [0, 0.1) is 6.92 Å². The third-order valence-electron chi connectivity index (χ3n) is 5.95. The Morgan fingerprint density at radius 3 is 2.28 bits per heavy atom. The van der Waals surface area contributed by atoms with E-state index in [-0.39, 0.29) is 22.4 Å². The van der Waals surface area contributed by atoms with E-state index < -0.39 is 11.8 Å². The van der Waals surface area contributed by atoms with E-state index in [9.17, 15) is 9.59 Å². The largest absolute Gasteiger partial charge is 0.490 e. The zero-order chi connectivity index (χ0) is 30.8. The summed E-state index contributed by atoms with van der Waals surface area (Å²) in [6.07, 6.45) is 1.38. The molecule has 4 rings (SSSR count). The lowest BCUT2D eigenvalue weighted by Gasteiger charge is -2.13. The molecular weight excluding hydrogens is 613 g/mol. The van der Waals surface area contributed by atoms with Crippen LogP contribution in [0.3, 0.4) is 0 Å². The molecule has 4 aromatic carbocycles. The molecule has 0 fully saturated rings. The number of halogens is 3. The summed E-state index contributed by atoms with van der Waals surface area (Å²) in [7, 11) is 0. The van der Waals surface area contributed by atoms with Crippen molar-refractivity contribution in [2.45, 2.75) is 20.5 Å². The van der Waals surface area contributed by atoms with E-state index in [2.05, 4.69) is 15.8 Å². The van der Waals surface area contributed by atoms with Crippen molar-refractivity contribution >= 4 is 58.5 Å². The zero-order valence-corrected chi connectivity index (χ0v) is 25.6. The van der Waals surface area contributed by atoms with E-state index in [1.807, 2.05) is 44.2 Å². The van der Waals surface area contributed by atoms with Crippen LogP contribution in [0.5, 0.6) is 17.2 Å². The molecule has 222 valence electrons. The summed E-state index contributed by atoms with van der Waals surface area (Å²) in [5, 5.41) is 7.58. The molecule has 43 heavy (non-hydrogen) atoms. The van der Waals surface area contributed by atoms with Crippen molar-refractivity contribution in [2.24, 2.45) is 5.10 Å². The monoisotopic (exact) mass is 639 g/mol. The zero-order valence-electron chi connectivity index (χ0n) is 23.3. The first-order valence-electron chi connectivity index (χ1n) is 13.2. The van der Waals surface area contributed by atoms with Gasteiger partial charge in [0, 0.05) is 16.3 Å². The average molecular weight is 641 g/mol. The van der Waals surface area contributed by atoms with Gasteiger partial charge in [-0.3, -0.25) is 9.59 Å². The van der Waals surface area contributed by atoms with Gasteiger partial charge < -0.3 is 19.5 Å². The minimum atomic E-state index is -0.454. The molecular formula is C32H28Cl3N3O5. The van der Waals surface area contributed by atoms with Crippen molar-refractivity contribution < 1.29 is 23.8 Å². The van der Waals surface area contributed by atoms with Crippen LogP contribution in [0.25, 0.3) is 0 Å². The van der Waals surface area contributed by atoms with Crippen LogP contribution in [0.2, 0.25) is 15.1 Å². The van der Waals surface area contributed by atoms with Crippen LogP contribution < -0.4 is 25.0 Å². The molecule has 0 aromatic heterocycles. The van der Waals surface area contributed by atoms with Crippen molar-refractivity contribution in [1.29, 1.82) is 0 Å². The molecule has 0 spiro atoms. The van der Waals surface area contributed by atoms with E-state index in [1.165, 1.54) is 6.21 Å². The number of ether oxygens (including phenoxy) is 3. The van der Waals surface area contributed by atoms with Crippen molar-refractivity contribution in [2.75, 3.05) is 18.5 Å². The number of carbonyl (C=O) groups excluding carboxylic acids is 2. The minimum absolute atomic E-state index is 0.139. The summed E-state index contributed by atoms with van der Waals surface area (Å²) in [5.74, 6) is 0.239. The van der Waals surface area contributed by atoms with Gasteiger partial charge in [0.25, 0.3) is 11.8 Å². The first kappa shape index (κ1) is 31.7. The fraction of sp³-hybridized carbons (Fsp3) is 0.156. The molecule has 8 nitrogen and oxygen atoms in total. The first-order valence-corrected chi connectivity index (χ1v) is 14.3. The lowest BCUT2D eigenvalue weighted by molar-refractivity contribution is -0.118. The molecule has 0 saturated carbocycles. The second-order valence-corrected chi connectivity index (χ2v) is 10.4. The second-order valence-electron chi connectivity index (χ2n) is 9.18. The van der Waals surface area contributed by atoms with Gasteiger partial charge in [0.2, 0.25) is 0 Å². The van der Waals surface area contributed by atoms with Crippen LogP contribution in [0.15, 0.2) is 84.0 Å². The molecule has 0 heterocycles. The average Bonchev–Trinajstić information content (AvgIpc) is 2.98. The van der Waals surface area contributed by atoms with Crippen LogP contribution >= 0.6 is 34.8 Å². The Labute approximate surface area is 264 Å². The Hall–Kier alpha value is -4.24. The predicted molar refractivity (Wildman–Crippen MR) is 170 cm³/mol. The van der Waals surface area contributed by atoms with E-state index in [4.69, 9.17) is 49.0 Å². The number of hydrazone groups is 1. The number of carbonyl (C=O) groups is 2. The van der Waals surface area contributed by atoms with Crippen molar-refractivity contribution in [3.8, 4) is 17.2 Å². The van der Waals surface area contributed by atoms with E-state index in [0.717, 1.165) is 11.1 Å². The van der Waals surface area contributed by atoms with Gasteiger partial charge in [-0.15, -0.1) is 0 Å². The first-order chi connectivity index (χ1) is 20.7. The van der Waals surface area contributed by atoms with Gasteiger partial charge in [-0.1, -0.05) is 71.2 Å². The highest BCUT2D eigenvalue weighted by Gasteiger charge is 2.14. The molecule has 0 aliphatic heterocycles. The van der Waals surface area contributed by atoms with Gasteiger partial charge in [0.1, 0.15) is 6.61 Å². The number of hydrogen-bond acceptors (Lipinski definition) is 6. The van der Waals surface area contributed by atoms with Crippen LogP contribution in [-0.4, -0.2) is 31.2 Å². The van der Waals surface area contributed by atoms with E-state index in [1.54, 1.807) is 48.5 Å². The molecule has 2 amide bonds. The molecule has 0 saturated heterocycles. The fourth-order valence-corrected chi connectivity index (χ4v) is 4.59. The summed E-state index contributed by atoms with van der Waals surface area (Å²) in [5.41, 5.74) is 5.75. The van der Waals surface area contributed by atoms with Gasteiger partial charge in [-0.05, 0) is 73.0 Å². The normalized spacial score (nSPS) is 10.8. The van der Waals surface area contributed by atoms with Crippen molar-refractivity contribution in [1.82, 2.24) is 5.43 Å². The number of benzene rings is 4. The maximum absolute atomic E-state index is 12.7. The maximum atomic E-state index is 12.7. The summed E-state index contributed by atoms with van der Waals surface area (Å²) in [6.45, 7) is 4.15. The van der Waals surface area contributed by atoms with Crippen molar-refractivity contribution in [3.63, 3.8) is 0 Å². The summed E-state index contributed by atoms with van der Waals surface area (Å²) in [4.78, 5) is 25.1. The van der Waals surface area contributed by atoms with Crippen molar-refractivity contribution in [3.05, 3.63) is 116 Å². The van der Waals surface area contributed by atoms with Crippen LogP contribution in [-0.2, 0) is 11.4 Å². The summed E-state index contributed by atoms with van der Waals surface area (Å²) >= 11 is 18.8. The van der Waals surface area contributed by atoms with Gasteiger partial charge >= 0.3 is 0 Å². The third-order valence-corrected chi connectivity index (χ3v) is 6.92. The molecule has 0 aliphatic carbocycles. The van der Waals surface area contributed by atoms with Gasteiger partial charge in [0.05, 0.1) is 22.9 Å². The van der Waals surface area contributed by atoms with Gasteiger partial charge in [-0.25, -0.2) is 5.43 Å². The highest BCUT2D eigenvalue weighted by atomic mass is 35.5. The molecule has 4 aromatic rings. The maximum Gasteiger partial charge on any atom is 0.271 e. The Morgan fingerprint density at radius 1 is 0.837 bits per heavy atom. The second kappa shape index (κ2) is 15.3. The predicted octanol–water partition coefficient (Wildman–Crippen LogP) is 7.71.